The van der Waals surface area contributed by atoms with Crippen LogP contribution < -0.4 is 0 Å². The fourth-order valence-electron chi connectivity index (χ4n) is 6.66. The maximum Gasteiger partial charge on any atom is 0.165 e. The van der Waals surface area contributed by atoms with Crippen molar-refractivity contribution in [1.29, 1.82) is 0 Å². The highest BCUT2D eigenvalue weighted by Crippen LogP contribution is 2.43. The molecule has 0 aliphatic carbocycles. The van der Waals surface area contributed by atoms with Crippen molar-refractivity contribution < 1.29 is 0 Å². The Morgan fingerprint density at radius 2 is 0.720 bits per heavy atom. The summed E-state index contributed by atoms with van der Waals surface area (Å²) in [7, 11) is 0. The van der Waals surface area contributed by atoms with Crippen LogP contribution in [0.3, 0.4) is 0 Å². The standard InChI is InChI=1S/C45H29N5/c1-3-13-30(14-4-1)31-22-24-33(25-23-31)44-48-43(32-15-5-2-6-16-32)49-45(50-44)42-37-19-9-7-17-35(37)41(36-18-8-10-20-38(36)42)34-26-27-40(47-29-34)39-21-11-12-28-46-39/h1-29H. The first-order valence-corrected chi connectivity index (χ1v) is 16.6. The molecule has 0 amide bonds. The van der Waals surface area contributed by atoms with Crippen molar-refractivity contribution in [1.82, 2.24) is 24.9 Å². The number of fused-ring (bicyclic) bond motifs is 2. The number of nitrogens with zero attached hydrogens (tertiary/aromatic N) is 5. The third kappa shape index (κ3) is 5.37. The second-order valence-corrected chi connectivity index (χ2v) is 12.1. The molecule has 0 aliphatic heterocycles. The molecule has 50 heavy (non-hydrogen) atoms. The Balaban J connectivity index is 1.25. The SMILES string of the molecule is c1ccc(-c2ccc(-c3nc(-c4ccccc4)nc(-c4c5ccccc5c(-c5ccc(-c6ccccn6)nc5)c5ccccc45)n3)cc2)cc1. The van der Waals surface area contributed by atoms with E-state index in [1.165, 1.54) is 5.56 Å². The zero-order chi connectivity index (χ0) is 33.3. The van der Waals surface area contributed by atoms with E-state index in [0.717, 1.165) is 66.3 Å². The predicted octanol–water partition coefficient (Wildman–Crippen LogP) is 11.0. The van der Waals surface area contributed by atoms with Crippen LogP contribution in [-0.2, 0) is 0 Å². The molecular weight excluding hydrogens is 611 g/mol. The lowest BCUT2D eigenvalue weighted by Gasteiger charge is -2.17. The molecule has 0 saturated carbocycles. The van der Waals surface area contributed by atoms with Crippen LogP contribution in [-0.4, -0.2) is 24.9 Å². The van der Waals surface area contributed by atoms with Gasteiger partial charge in [0.1, 0.15) is 0 Å². The van der Waals surface area contributed by atoms with Gasteiger partial charge in [0.2, 0.25) is 0 Å². The lowest BCUT2D eigenvalue weighted by molar-refractivity contribution is 1.08. The molecule has 0 spiro atoms. The van der Waals surface area contributed by atoms with Crippen molar-refractivity contribution in [3.05, 3.63) is 176 Å². The van der Waals surface area contributed by atoms with Crippen LogP contribution in [0, 0.1) is 0 Å². The van der Waals surface area contributed by atoms with E-state index in [1.807, 2.05) is 66.9 Å². The third-order valence-corrected chi connectivity index (χ3v) is 9.05. The Kier molecular flexibility index (Phi) is 7.41. The Morgan fingerprint density at radius 1 is 0.280 bits per heavy atom. The lowest BCUT2D eigenvalue weighted by atomic mass is 9.88. The summed E-state index contributed by atoms with van der Waals surface area (Å²) < 4.78 is 0. The van der Waals surface area contributed by atoms with Crippen molar-refractivity contribution in [3.63, 3.8) is 0 Å². The van der Waals surface area contributed by atoms with E-state index in [2.05, 4.69) is 108 Å². The van der Waals surface area contributed by atoms with E-state index < -0.39 is 0 Å². The van der Waals surface area contributed by atoms with Gasteiger partial charge >= 0.3 is 0 Å². The number of rotatable bonds is 6. The van der Waals surface area contributed by atoms with E-state index >= 15 is 0 Å². The molecule has 234 valence electrons. The molecule has 9 aromatic rings. The maximum atomic E-state index is 5.21. The highest BCUT2D eigenvalue weighted by Gasteiger charge is 2.20. The van der Waals surface area contributed by atoms with Crippen LogP contribution >= 0.6 is 0 Å². The molecule has 6 aromatic carbocycles. The van der Waals surface area contributed by atoms with Crippen LogP contribution in [0.1, 0.15) is 0 Å². The molecule has 0 aliphatic rings. The minimum atomic E-state index is 0.625. The summed E-state index contributed by atoms with van der Waals surface area (Å²) in [6.07, 6.45) is 3.74. The minimum absolute atomic E-state index is 0.625. The van der Waals surface area contributed by atoms with Crippen molar-refractivity contribution in [2.24, 2.45) is 0 Å². The molecule has 0 unspecified atom stereocenters. The van der Waals surface area contributed by atoms with Crippen molar-refractivity contribution in [3.8, 4) is 67.8 Å². The first kappa shape index (κ1) is 29.3. The average Bonchev–Trinajstić information content (AvgIpc) is 3.21. The largest absolute Gasteiger partial charge is 0.255 e. The summed E-state index contributed by atoms with van der Waals surface area (Å²) >= 11 is 0. The van der Waals surface area contributed by atoms with Gasteiger partial charge in [-0.05, 0) is 56.4 Å². The first-order chi connectivity index (χ1) is 24.8. The van der Waals surface area contributed by atoms with E-state index in [1.54, 1.807) is 6.20 Å². The van der Waals surface area contributed by atoms with Crippen LogP contribution in [0.2, 0.25) is 0 Å². The smallest absolute Gasteiger partial charge is 0.165 e. The summed E-state index contributed by atoms with van der Waals surface area (Å²) in [5.41, 5.74) is 8.97. The zero-order valence-electron chi connectivity index (χ0n) is 27.0. The van der Waals surface area contributed by atoms with E-state index in [0.29, 0.717) is 17.5 Å². The number of benzene rings is 6. The first-order valence-electron chi connectivity index (χ1n) is 16.6. The number of pyridine rings is 2. The van der Waals surface area contributed by atoms with Crippen molar-refractivity contribution >= 4 is 21.5 Å². The summed E-state index contributed by atoms with van der Waals surface area (Å²) in [6.45, 7) is 0. The van der Waals surface area contributed by atoms with Gasteiger partial charge in [-0.1, -0.05) is 146 Å². The molecule has 3 aromatic heterocycles. The third-order valence-electron chi connectivity index (χ3n) is 9.05. The molecule has 0 N–H and O–H groups in total. The maximum absolute atomic E-state index is 5.21. The van der Waals surface area contributed by atoms with E-state index in [-0.39, 0.29) is 0 Å². The van der Waals surface area contributed by atoms with Gasteiger partial charge in [0.25, 0.3) is 0 Å². The summed E-state index contributed by atoms with van der Waals surface area (Å²) in [4.78, 5) is 24.7. The highest BCUT2D eigenvalue weighted by molar-refractivity contribution is 6.20. The molecule has 9 rings (SSSR count). The second-order valence-electron chi connectivity index (χ2n) is 12.1. The normalized spacial score (nSPS) is 11.2. The van der Waals surface area contributed by atoms with Gasteiger partial charge in [-0.3, -0.25) is 9.97 Å². The molecule has 3 heterocycles. The fraction of sp³-hybridized carbons (Fsp3) is 0. The molecule has 0 saturated heterocycles. The summed E-state index contributed by atoms with van der Waals surface area (Å²) in [6, 6.07) is 56.0. The molecule has 0 atom stereocenters. The van der Waals surface area contributed by atoms with Crippen LogP contribution in [0.15, 0.2) is 176 Å². The molecule has 0 radical (unpaired) electrons. The van der Waals surface area contributed by atoms with Gasteiger partial charge in [-0.25, -0.2) is 15.0 Å². The van der Waals surface area contributed by atoms with Crippen LogP contribution in [0.5, 0.6) is 0 Å². The predicted molar refractivity (Wildman–Crippen MR) is 203 cm³/mol. The van der Waals surface area contributed by atoms with Crippen molar-refractivity contribution in [2.75, 3.05) is 0 Å². The highest BCUT2D eigenvalue weighted by atomic mass is 15.0. The number of aromatic nitrogens is 5. The number of hydrogen-bond acceptors (Lipinski definition) is 5. The summed E-state index contributed by atoms with van der Waals surface area (Å²) in [5, 5.41) is 4.32. The quantitative estimate of drug-likeness (QED) is 0.169. The van der Waals surface area contributed by atoms with E-state index in [4.69, 9.17) is 19.9 Å². The number of hydrogen-bond donors (Lipinski definition) is 0. The Morgan fingerprint density at radius 3 is 1.28 bits per heavy atom. The van der Waals surface area contributed by atoms with Gasteiger partial charge in [-0.15, -0.1) is 0 Å². The molecule has 0 fully saturated rings. The lowest BCUT2D eigenvalue weighted by Crippen LogP contribution is -2.01. The van der Waals surface area contributed by atoms with Gasteiger partial charge in [0, 0.05) is 34.6 Å². The molecule has 5 nitrogen and oxygen atoms in total. The van der Waals surface area contributed by atoms with Gasteiger partial charge in [0.05, 0.1) is 11.4 Å². The van der Waals surface area contributed by atoms with Crippen LogP contribution in [0.4, 0.5) is 0 Å². The Hall–Kier alpha value is -6.85. The molecule has 0 bridgehead atoms. The average molecular weight is 640 g/mol. The van der Waals surface area contributed by atoms with Gasteiger partial charge < -0.3 is 0 Å². The molecular formula is C45H29N5. The zero-order valence-corrected chi connectivity index (χ0v) is 27.0. The Bertz CT molecular complexity index is 2550. The minimum Gasteiger partial charge on any atom is -0.255 e. The topological polar surface area (TPSA) is 64.5 Å². The van der Waals surface area contributed by atoms with E-state index in [9.17, 15) is 0 Å². The summed E-state index contributed by atoms with van der Waals surface area (Å²) in [5.74, 6) is 1.88. The Labute approximate surface area is 289 Å². The molecule has 5 heteroatoms. The van der Waals surface area contributed by atoms with Gasteiger partial charge in [-0.2, -0.15) is 0 Å². The van der Waals surface area contributed by atoms with Gasteiger partial charge in [0.15, 0.2) is 17.5 Å². The second kappa shape index (κ2) is 12.6. The van der Waals surface area contributed by atoms with Crippen molar-refractivity contribution in [2.45, 2.75) is 0 Å². The fourth-order valence-corrected chi connectivity index (χ4v) is 6.66. The van der Waals surface area contributed by atoms with Crippen LogP contribution in [0.25, 0.3) is 89.4 Å². The monoisotopic (exact) mass is 639 g/mol.